The lowest BCUT2D eigenvalue weighted by Gasteiger charge is -2.04. The lowest BCUT2D eigenvalue weighted by Crippen LogP contribution is -2.09. The number of rotatable bonds is 3. The monoisotopic (exact) mass is 194 g/mol. The van der Waals surface area contributed by atoms with Gasteiger partial charge in [-0.15, -0.1) is 0 Å². The van der Waals surface area contributed by atoms with Crippen molar-refractivity contribution in [3.05, 3.63) is 0 Å². The largest absolute Gasteiger partial charge is 0.465 e. The van der Waals surface area contributed by atoms with E-state index in [1.54, 1.807) is 0 Å². The van der Waals surface area contributed by atoms with E-state index in [1.165, 1.54) is 6.92 Å². The second kappa shape index (κ2) is 4.79. The van der Waals surface area contributed by atoms with Gasteiger partial charge in [0.05, 0.1) is 0 Å². The molecule has 0 fully saturated rings. The van der Waals surface area contributed by atoms with Crippen molar-refractivity contribution in [2.75, 3.05) is 6.61 Å². The highest BCUT2D eigenvalue weighted by Crippen LogP contribution is 2.03. The molecule has 0 unspecified atom stereocenters. The molecule has 0 radical (unpaired) electrons. The maximum atomic E-state index is 10.2. The van der Waals surface area contributed by atoms with Crippen molar-refractivity contribution in [3.63, 3.8) is 0 Å². The summed E-state index contributed by atoms with van der Waals surface area (Å²) in [7, 11) is 0. The Morgan fingerprint density at radius 2 is 2.33 bits per heavy atom. The van der Waals surface area contributed by atoms with Gasteiger partial charge in [-0.25, -0.2) is 0 Å². The number of carbonyl (C=O) groups excluding carboxylic acids is 1. The number of alkyl halides is 1. The minimum absolute atomic E-state index is 0.215. The van der Waals surface area contributed by atoms with E-state index in [0.29, 0.717) is 11.4 Å². The Bertz CT molecular complexity index is 93.1. The second-order valence-corrected chi connectivity index (χ2v) is 3.10. The highest BCUT2D eigenvalue weighted by atomic mass is 79.9. The molecule has 0 aromatic heterocycles. The minimum Gasteiger partial charge on any atom is -0.465 e. The van der Waals surface area contributed by atoms with Gasteiger partial charge in [0.25, 0.3) is 0 Å². The van der Waals surface area contributed by atoms with Crippen LogP contribution < -0.4 is 0 Å². The summed E-state index contributed by atoms with van der Waals surface area (Å²) >= 11 is 3.33. The van der Waals surface area contributed by atoms with Gasteiger partial charge >= 0.3 is 5.97 Å². The van der Waals surface area contributed by atoms with E-state index < -0.39 is 0 Å². The third-order valence-corrected chi connectivity index (χ3v) is 1.82. The standard InChI is InChI=1S/C6H11BrO2/c1-3-6(7)4-9-5(2)8/h6H,3-4H2,1-2H3/t6-/m0/s1. The number of ether oxygens (including phenoxy) is 1. The van der Waals surface area contributed by atoms with Crippen LogP contribution in [0.4, 0.5) is 0 Å². The number of halogens is 1. The molecule has 0 aliphatic heterocycles. The maximum absolute atomic E-state index is 10.2. The third-order valence-electron chi connectivity index (χ3n) is 0.910. The molecule has 0 saturated carbocycles. The average Bonchev–Trinajstić information content (AvgIpc) is 1.83. The molecular weight excluding hydrogens is 184 g/mol. The molecule has 54 valence electrons. The Morgan fingerprint density at radius 3 is 2.67 bits per heavy atom. The predicted molar refractivity (Wildman–Crippen MR) is 39.6 cm³/mol. The first-order valence-corrected chi connectivity index (χ1v) is 3.85. The van der Waals surface area contributed by atoms with E-state index in [4.69, 9.17) is 4.74 Å². The summed E-state index contributed by atoms with van der Waals surface area (Å²) in [4.78, 5) is 10.5. The zero-order valence-electron chi connectivity index (χ0n) is 5.69. The average molecular weight is 195 g/mol. The van der Waals surface area contributed by atoms with E-state index in [9.17, 15) is 4.79 Å². The molecule has 0 heterocycles. The molecule has 0 aliphatic carbocycles. The lowest BCUT2D eigenvalue weighted by molar-refractivity contribution is -0.140. The summed E-state index contributed by atoms with van der Waals surface area (Å²) < 4.78 is 4.71. The Hall–Kier alpha value is -0.0500. The van der Waals surface area contributed by atoms with Crippen LogP contribution >= 0.6 is 15.9 Å². The van der Waals surface area contributed by atoms with Crippen LogP contribution in [0.1, 0.15) is 20.3 Å². The van der Waals surface area contributed by atoms with Crippen molar-refractivity contribution in [3.8, 4) is 0 Å². The Kier molecular flexibility index (Phi) is 4.77. The van der Waals surface area contributed by atoms with E-state index in [-0.39, 0.29) is 5.97 Å². The van der Waals surface area contributed by atoms with E-state index in [2.05, 4.69) is 15.9 Å². The van der Waals surface area contributed by atoms with Crippen LogP contribution in [0.25, 0.3) is 0 Å². The second-order valence-electron chi connectivity index (χ2n) is 1.81. The van der Waals surface area contributed by atoms with Crippen LogP contribution in [0.15, 0.2) is 0 Å². The predicted octanol–water partition coefficient (Wildman–Crippen LogP) is 1.72. The third kappa shape index (κ3) is 5.83. The van der Waals surface area contributed by atoms with Crippen molar-refractivity contribution < 1.29 is 9.53 Å². The van der Waals surface area contributed by atoms with Crippen molar-refractivity contribution in [1.29, 1.82) is 0 Å². The summed E-state index contributed by atoms with van der Waals surface area (Å²) in [5, 5.41) is 0. The minimum atomic E-state index is -0.215. The fourth-order valence-corrected chi connectivity index (χ4v) is 0.458. The first-order valence-electron chi connectivity index (χ1n) is 2.94. The highest BCUT2D eigenvalue weighted by Gasteiger charge is 2.01. The molecule has 0 spiro atoms. The van der Waals surface area contributed by atoms with Gasteiger partial charge in [-0.2, -0.15) is 0 Å². The number of esters is 1. The van der Waals surface area contributed by atoms with Crippen LogP contribution in [-0.2, 0) is 9.53 Å². The summed E-state index contributed by atoms with van der Waals surface area (Å²) in [6, 6.07) is 0. The maximum Gasteiger partial charge on any atom is 0.302 e. The van der Waals surface area contributed by atoms with Crippen LogP contribution in [0.3, 0.4) is 0 Å². The normalized spacial score (nSPS) is 12.8. The fourth-order valence-electron chi connectivity index (χ4n) is 0.326. The quantitative estimate of drug-likeness (QED) is 0.506. The number of carbonyl (C=O) groups is 1. The lowest BCUT2D eigenvalue weighted by atomic mass is 10.4. The Morgan fingerprint density at radius 1 is 1.78 bits per heavy atom. The molecule has 9 heavy (non-hydrogen) atoms. The van der Waals surface area contributed by atoms with Crippen molar-refractivity contribution in [2.24, 2.45) is 0 Å². The van der Waals surface area contributed by atoms with Gasteiger partial charge in [0, 0.05) is 11.8 Å². The number of hydrogen-bond acceptors (Lipinski definition) is 2. The smallest absolute Gasteiger partial charge is 0.302 e. The van der Waals surface area contributed by atoms with Crippen LogP contribution in [0, 0.1) is 0 Å². The fraction of sp³-hybridized carbons (Fsp3) is 0.833. The van der Waals surface area contributed by atoms with Crippen molar-refractivity contribution in [2.45, 2.75) is 25.1 Å². The Balaban J connectivity index is 3.16. The molecule has 0 amide bonds. The summed E-state index contributed by atoms with van der Waals surface area (Å²) in [6.07, 6.45) is 0.979. The van der Waals surface area contributed by atoms with Crippen molar-refractivity contribution in [1.82, 2.24) is 0 Å². The SMILES string of the molecule is CC[C@H](Br)COC(C)=O. The first kappa shape index (κ1) is 8.95. The van der Waals surface area contributed by atoms with Crippen LogP contribution in [0.2, 0.25) is 0 Å². The summed E-state index contributed by atoms with van der Waals surface area (Å²) in [5.74, 6) is -0.215. The molecule has 0 bridgehead atoms. The van der Waals surface area contributed by atoms with Gasteiger partial charge in [0.2, 0.25) is 0 Å². The van der Waals surface area contributed by atoms with Gasteiger partial charge in [-0.05, 0) is 6.42 Å². The van der Waals surface area contributed by atoms with Crippen LogP contribution in [0.5, 0.6) is 0 Å². The summed E-state index contributed by atoms with van der Waals surface area (Å²) in [5.41, 5.74) is 0. The van der Waals surface area contributed by atoms with Gasteiger partial charge in [-0.1, -0.05) is 22.9 Å². The molecule has 3 heteroatoms. The van der Waals surface area contributed by atoms with E-state index in [1.807, 2.05) is 6.92 Å². The van der Waals surface area contributed by atoms with Gasteiger partial charge in [0.15, 0.2) is 0 Å². The molecule has 0 aromatic rings. The van der Waals surface area contributed by atoms with Crippen molar-refractivity contribution >= 4 is 21.9 Å². The molecule has 0 aliphatic rings. The van der Waals surface area contributed by atoms with Gasteiger partial charge in [-0.3, -0.25) is 4.79 Å². The molecule has 2 nitrogen and oxygen atoms in total. The molecule has 0 saturated heterocycles. The topological polar surface area (TPSA) is 26.3 Å². The highest BCUT2D eigenvalue weighted by molar-refractivity contribution is 9.09. The Labute approximate surface area is 63.7 Å². The molecular formula is C6H11BrO2. The molecule has 0 aromatic carbocycles. The zero-order valence-corrected chi connectivity index (χ0v) is 7.27. The zero-order chi connectivity index (χ0) is 7.28. The number of hydrogen-bond donors (Lipinski definition) is 0. The van der Waals surface area contributed by atoms with Crippen LogP contribution in [-0.4, -0.2) is 17.4 Å². The first-order chi connectivity index (χ1) is 4.16. The molecule has 0 N–H and O–H groups in total. The van der Waals surface area contributed by atoms with E-state index >= 15 is 0 Å². The van der Waals surface area contributed by atoms with E-state index in [0.717, 1.165) is 6.42 Å². The summed E-state index contributed by atoms with van der Waals surface area (Å²) in [6.45, 7) is 3.92. The van der Waals surface area contributed by atoms with Gasteiger partial charge < -0.3 is 4.74 Å². The molecule has 1 atom stereocenters. The van der Waals surface area contributed by atoms with Gasteiger partial charge in [0.1, 0.15) is 6.61 Å². The molecule has 0 rings (SSSR count).